The van der Waals surface area contributed by atoms with Gasteiger partial charge in [0.25, 0.3) is 0 Å². The van der Waals surface area contributed by atoms with E-state index in [1.807, 2.05) is 6.20 Å². The van der Waals surface area contributed by atoms with Crippen LogP contribution in [0.3, 0.4) is 0 Å². The normalized spacial score (nSPS) is 20.6. The van der Waals surface area contributed by atoms with Crippen molar-refractivity contribution in [2.24, 2.45) is 0 Å². The van der Waals surface area contributed by atoms with Gasteiger partial charge < -0.3 is 10.4 Å². The number of pyridine rings is 1. The van der Waals surface area contributed by atoms with Crippen LogP contribution in [0, 0.1) is 0 Å². The summed E-state index contributed by atoms with van der Waals surface area (Å²) in [4.78, 5) is 6.77. The highest BCUT2D eigenvalue weighted by atomic mass is 16.3. The Kier molecular flexibility index (Phi) is 6.27. The molecule has 1 unspecified atom stereocenters. The van der Waals surface area contributed by atoms with Crippen LogP contribution in [0.5, 0.6) is 0 Å². The Balaban J connectivity index is 1.99. The first-order valence-electron chi connectivity index (χ1n) is 7.87. The molecule has 0 bridgehead atoms. The molecule has 0 amide bonds. The van der Waals surface area contributed by atoms with Gasteiger partial charge in [0.1, 0.15) is 5.82 Å². The van der Waals surface area contributed by atoms with E-state index >= 15 is 0 Å². The summed E-state index contributed by atoms with van der Waals surface area (Å²) in [5, 5.41) is 12.9. The molecule has 1 aromatic heterocycles. The smallest absolute Gasteiger partial charge is 0.126 e. The number of rotatable bonds is 6. The van der Waals surface area contributed by atoms with Crippen LogP contribution in [0.1, 0.15) is 44.6 Å². The lowest BCUT2D eigenvalue weighted by Crippen LogP contribution is -2.36. The van der Waals surface area contributed by atoms with Crippen molar-refractivity contribution in [2.75, 3.05) is 25.0 Å². The van der Waals surface area contributed by atoms with Crippen LogP contribution in [-0.4, -0.2) is 40.7 Å². The van der Waals surface area contributed by atoms with Crippen LogP contribution >= 0.6 is 0 Å². The van der Waals surface area contributed by atoms with Crippen LogP contribution < -0.4 is 5.32 Å². The summed E-state index contributed by atoms with van der Waals surface area (Å²) in [7, 11) is 0. The average Bonchev–Trinajstić information content (AvgIpc) is 2.70. The van der Waals surface area contributed by atoms with Crippen molar-refractivity contribution in [3.05, 3.63) is 23.9 Å². The molecule has 2 heterocycles. The lowest BCUT2D eigenvalue weighted by atomic mass is 10.1. The maximum Gasteiger partial charge on any atom is 0.126 e. The first-order chi connectivity index (χ1) is 9.83. The number of aliphatic hydroxyl groups excluding tert-OH is 1. The molecule has 1 fully saturated rings. The number of hydrogen-bond donors (Lipinski definition) is 2. The van der Waals surface area contributed by atoms with Crippen LogP contribution in [0.25, 0.3) is 0 Å². The second kappa shape index (κ2) is 8.22. The molecule has 1 saturated heterocycles. The Morgan fingerprint density at radius 1 is 1.40 bits per heavy atom. The third-order valence-corrected chi connectivity index (χ3v) is 3.98. The number of nitrogens with zero attached hydrogens (tertiary/aromatic N) is 2. The zero-order valence-corrected chi connectivity index (χ0v) is 12.5. The minimum Gasteiger partial charge on any atom is -0.395 e. The summed E-state index contributed by atoms with van der Waals surface area (Å²) >= 11 is 0. The largest absolute Gasteiger partial charge is 0.395 e. The Morgan fingerprint density at radius 3 is 3.10 bits per heavy atom. The standard InChI is InChI=1S/C16H27N3O/c1-2-8-17-16-11-14(7-9-18-16)12-19-10-5-3-4-6-15(19)13-20/h7,9,11,15,20H,2-6,8,10,12-13H2,1H3,(H,17,18). The maximum absolute atomic E-state index is 9.57. The van der Waals surface area contributed by atoms with Crippen LogP contribution in [0.4, 0.5) is 5.82 Å². The molecule has 4 nitrogen and oxygen atoms in total. The molecular formula is C16H27N3O. The maximum atomic E-state index is 9.57. The minimum absolute atomic E-state index is 0.270. The Bertz CT molecular complexity index is 397. The summed E-state index contributed by atoms with van der Waals surface area (Å²) in [6, 6.07) is 4.53. The lowest BCUT2D eigenvalue weighted by Gasteiger charge is -2.28. The third-order valence-electron chi connectivity index (χ3n) is 3.98. The summed E-state index contributed by atoms with van der Waals surface area (Å²) in [5.41, 5.74) is 1.28. The topological polar surface area (TPSA) is 48.4 Å². The fraction of sp³-hybridized carbons (Fsp3) is 0.688. The van der Waals surface area contributed by atoms with E-state index in [1.54, 1.807) is 0 Å². The van der Waals surface area contributed by atoms with E-state index in [4.69, 9.17) is 0 Å². The highest BCUT2D eigenvalue weighted by Crippen LogP contribution is 2.19. The van der Waals surface area contributed by atoms with Gasteiger partial charge in [-0.15, -0.1) is 0 Å². The molecule has 1 aliphatic rings. The van der Waals surface area contributed by atoms with E-state index in [9.17, 15) is 5.11 Å². The molecule has 1 aromatic rings. The molecule has 20 heavy (non-hydrogen) atoms. The second-order valence-electron chi connectivity index (χ2n) is 5.63. The molecule has 112 valence electrons. The fourth-order valence-corrected chi connectivity index (χ4v) is 2.81. The summed E-state index contributed by atoms with van der Waals surface area (Å²) in [5.74, 6) is 0.958. The van der Waals surface area contributed by atoms with Gasteiger partial charge in [-0.2, -0.15) is 0 Å². The van der Waals surface area contributed by atoms with Crippen LogP contribution in [-0.2, 0) is 6.54 Å². The van der Waals surface area contributed by atoms with Crippen molar-refractivity contribution in [3.63, 3.8) is 0 Å². The van der Waals surface area contributed by atoms with Gasteiger partial charge in [-0.3, -0.25) is 4.90 Å². The van der Waals surface area contributed by atoms with Crippen molar-refractivity contribution < 1.29 is 5.11 Å². The average molecular weight is 277 g/mol. The predicted molar refractivity (Wildman–Crippen MR) is 82.8 cm³/mol. The Hall–Kier alpha value is -1.13. The zero-order valence-electron chi connectivity index (χ0n) is 12.5. The Morgan fingerprint density at radius 2 is 2.30 bits per heavy atom. The highest BCUT2D eigenvalue weighted by molar-refractivity contribution is 5.37. The molecular weight excluding hydrogens is 250 g/mol. The van der Waals surface area contributed by atoms with Gasteiger partial charge in [0.05, 0.1) is 6.61 Å². The molecule has 2 rings (SSSR count). The van der Waals surface area contributed by atoms with Gasteiger partial charge >= 0.3 is 0 Å². The van der Waals surface area contributed by atoms with Crippen molar-refractivity contribution in [2.45, 2.75) is 51.6 Å². The molecule has 1 aliphatic heterocycles. The first-order valence-corrected chi connectivity index (χ1v) is 7.87. The molecule has 0 aromatic carbocycles. The van der Waals surface area contributed by atoms with Gasteiger partial charge in [0.2, 0.25) is 0 Å². The molecule has 0 radical (unpaired) electrons. The number of hydrogen-bond acceptors (Lipinski definition) is 4. The van der Waals surface area contributed by atoms with Crippen LogP contribution in [0.2, 0.25) is 0 Å². The monoisotopic (exact) mass is 277 g/mol. The van der Waals surface area contributed by atoms with Gasteiger partial charge in [-0.05, 0) is 43.5 Å². The second-order valence-corrected chi connectivity index (χ2v) is 5.63. The zero-order chi connectivity index (χ0) is 14.2. The molecule has 0 aliphatic carbocycles. The van der Waals surface area contributed by atoms with Gasteiger partial charge in [0.15, 0.2) is 0 Å². The first kappa shape index (κ1) is 15.3. The quantitative estimate of drug-likeness (QED) is 0.839. The molecule has 0 spiro atoms. The van der Waals surface area contributed by atoms with E-state index in [2.05, 4.69) is 34.3 Å². The third kappa shape index (κ3) is 4.46. The molecule has 1 atom stereocenters. The van der Waals surface area contributed by atoms with Gasteiger partial charge in [-0.25, -0.2) is 4.98 Å². The molecule has 0 saturated carbocycles. The number of aliphatic hydroxyl groups is 1. The summed E-state index contributed by atoms with van der Waals surface area (Å²) < 4.78 is 0. The number of aromatic nitrogens is 1. The fourth-order valence-electron chi connectivity index (χ4n) is 2.81. The van der Waals surface area contributed by atoms with Gasteiger partial charge in [-0.1, -0.05) is 19.8 Å². The molecule has 4 heteroatoms. The van der Waals surface area contributed by atoms with Crippen molar-refractivity contribution in [3.8, 4) is 0 Å². The van der Waals surface area contributed by atoms with Gasteiger partial charge in [0, 0.05) is 25.3 Å². The van der Waals surface area contributed by atoms with Crippen molar-refractivity contribution in [1.29, 1.82) is 0 Å². The SMILES string of the molecule is CCCNc1cc(CN2CCCCCC2CO)ccn1. The van der Waals surface area contributed by atoms with E-state index in [0.717, 1.165) is 38.3 Å². The Labute approximate surface area is 122 Å². The van der Waals surface area contributed by atoms with Crippen molar-refractivity contribution in [1.82, 2.24) is 9.88 Å². The van der Waals surface area contributed by atoms with Crippen LogP contribution in [0.15, 0.2) is 18.3 Å². The van der Waals surface area contributed by atoms with E-state index < -0.39 is 0 Å². The minimum atomic E-state index is 0.270. The number of anilines is 1. The van der Waals surface area contributed by atoms with Crippen molar-refractivity contribution >= 4 is 5.82 Å². The lowest BCUT2D eigenvalue weighted by molar-refractivity contribution is 0.118. The van der Waals surface area contributed by atoms with E-state index in [-0.39, 0.29) is 6.61 Å². The summed E-state index contributed by atoms with van der Waals surface area (Å²) in [6.07, 6.45) is 7.85. The number of likely N-dealkylation sites (tertiary alicyclic amines) is 1. The molecule has 2 N–H and O–H groups in total. The number of nitrogens with one attached hydrogen (secondary N) is 1. The predicted octanol–water partition coefficient (Wildman–Crippen LogP) is 2.64. The highest BCUT2D eigenvalue weighted by Gasteiger charge is 2.20. The van der Waals surface area contributed by atoms with E-state index in [1.165, 1.54) is 24.8 Å². The van der Waals surface area contributed by atoms with E-state index in [0.29, 0.717) is 6.04 Å². The summed E-state index contributed by atoms with van der Waals surface area (Å²) in [6.45, 7) is 5.38.